The molecule has 0 saturated carbocycles. The molecule has 0 aromatic heterocycles. The maximum absolute atomic E-state index is 10.6. The Balaban J connectivity index is 3.58. The van der Waals surface area contributed by atoms with Crippen LogP contribution in [-0.4, -0.2) is 36.8 Å². The minimum atomic E-state index is -0.653. The van der Waals surface area contributed by atoms with E-state index in [1.807, 2.05) is 0 Å². The standard InChI is InChI=1S/C6H12O4S/c1-9-6(2-3-7)10-5(8)4-11/h6-7,11H,2-4H2,1H3. The van der Waals surface area contributed by atoms with E-state index in [0.29, 0.717) is 0 Å². The molecule has 66 valence electrons. The monoisotopic (exact) mass is 180 g/mol. The van der Waals surface area contributed by atoms with E-state index >= 15 is 0 Å². The predicted octanol–water partition coefficient (Wildman–Crippen LogP) is -0.186. The zero-order valence-corrected chi connectivity index (χ0v) is 7.21. The van der Waals surface area contributed by atoms with Crippen molar-refractivity contribution in [3.8, 4) is 0 Å². The summed E-state index contributed by atoms with van der Waals surface area (Å²) in [6.07, 6.45) is -0.365. The second-order valence-electron chi connectivity index (χ2n) is 1.83. The molecule has 0 saturated heterocycles. The predicted molar refractivity (Wildman–Crippen MR) is 42.4 cm³/mol. The second-order valence-corrected chi connectivity index (χ2v) is 2.14. The average Bonchev–Trinajstić information content (AvgIpc) is 2.03. The minimum absolute atomic E-state index is 0.0191. The van der Waals surface area contributed by atoms with Gasteiger partial charge in [0.15, 0.2) is 0 Å². The third-order valence-corrected chi connectivity index (χ3v) is 1.28. The van der Waals surface area contributed by atoms with Gasteiger partial charge in [-0.25, -0.2) is 0 Å². The average molecular weight is 180 g/mol. The van der Waals surface area contributed by atoms with E-state index in [2.05, 4.69) is 12.6 Å². The van der Waals surface area contributed by atoms with Crippen molar-refractivity contribution >= 4 is 18.6 Å². The van der Waals surface area contributed by atoms with Gasteiger partial charge in [-0.2, -0.15) is 12.6 Å². The molecule has 0 spiro atoms. The molecule has 0 amide bonds. The fourth-order valence-corrected chi connectivity index (χ4v) is 0.589. The van der Waals surface area contributed by atoms with Crippen molar-refractivity contribution in [3.05, 3.63) is 0 Å². The van der Waals surface area contributed by atoms with Crippen LogP contribution in [0.5, 0.6) is 0 Å². The van der Waals surface area contributed by atoms with Crippen LogP contribution in [0.2, 0.25) is 0 Å². The third-order valence-electron chi connectivity index (χ3n) is 1.02. The fraction of sp³-hybridized carbons (Fsp3) is 0.833. The molecule has 0 aliphatic heterocycles. The van der Waals surface area contributed by atoms with Gasteiger partial charge in [-0.05, 0) is 0 Å². The van der Waals surface area contributed by atoms with Crippen molar-refractivity contribution < 1.29 is 19.4 Å². The molecule has 0 bridgehead atoms. The van der Waals surface area contributed by atoms with Crippen molar-refractivity contribution in [1.82, 2.24) is 0 Å². The molecule has 1 N–H and O–H groups in total. The summed E-state index contributed by atoms with van der Waals surface area (Å²) in [5.41, 5.74) is 0. The van der Waals surface area contributed by atoms with E-state index in [1.165, 1.54) is 7.11 Å². The Morgan fingerprint density at radius 2 is 2.36 bits per heavy atom. The highest BCUT2D eigenvalue weighted by Gasteiger charge is 2.10. The Morgan fingerprint density at radius 3 is 2.73 bits per heavy atom. The molecular formula is C6H12O4S. The van der Waals surface area contributed by atoms with Gasteiger partial charge < -0.3 is 14.6 Å². The van der Waals surface area contributed by atoms with E-state index in [4.69, 9.17) is 14.6 Å². The first kappa shape index (κ1) is 10.7. The van der Waals surface area contributed by atoms with Gasteiger partial charge in [0.2, 0.25) is 6.29 Å². The lowest BCUT2D eigenvalue weighted by molar-refractivity contribution is -0.172. The number of aliphatic hydroxyl groups is 1. The van der Waals surface area contributed by atoms with Gasteiger partial charge in [-0.3, -0.25) is 4.79 Å². The summed E-state index contributed by atoms with van der Waals surface area (Å²) in [6.45, 7) is -0.0711. The topological polar surface area (TPSA) is 55.8 Å². The van der Waals surface area contributed by atoms with Gasteiger partial charge in [-0.15, -0.1) is 0 Å². The van der Waals surface area contributed by atoms with Gasteiger partial charge >= 0.3 is 5.97 Å². The van der Waals surface area contributed by atoms with Gasteiger partial charge in [0.05, 0.1) is 5.75 Å². The largest absolute Gasteiger partial charge is 0.435 e. The van der Waals surface area contributed by atoms with Crippen molar-refractivity contribution in [1.29, 1.82) is 0 Å². The number of hydrogen-bond acceptors (Lipinski definition) is 5. The summed E-state index contributed by atoms with van der Waals surface area (Å²) in [7, 11) is 1.41. The summed E-state index contributed by atoms with van der Waals surface area (Å²) in [5.74, 6) is -0.431. The zero-order chi connectivity index (χ0) is 8.69. The van der Waals surface area contributed by atoms with E-state index < -0.39 is 12.3 Å². The second kappa shape index (κ2) is 6.45. The van der Waals surface area contributed by atoms with Crippen LogP contribution in [-0.2, 0) is 14.3 Å². The number of esters is 1. The van der Waals surface area contributed by atoms with Crippen LogP contribution in [0.4, 0.5) is 0 Å². The molecule has 0 radical (unpaired) electrons. The van der Waals surface area contributed by atoms with Crippen LogP contribution in [0.15, 0.2) is 0 Å². The molecule has 4 nitrogen and oxygen atoms in total. The number of carbonyl (C=O) groups is 1. The number of thiol groups is 1. The number of methoxy groups -OCH3 is 1. The molecule has 0 heterocycles. The number of carbonyl (C=O) groups excluding carboxylic acids is 1. The molecule has 1 atom stereocenters. The highest BCUT2D eigenvalue weighted by atomic mass is 32.1. The third kappa shape index (κ3) is 5.06. The summed E-state index contributed by atoms with van der Waals surface area (Å²) < 4.78 is 9.42. The SMILES string of the molecule is COC(CCO)OC(=O)CS. The van der Waals surface area contributed by atoms with Crippen LogP contribution < -0.4 is 0 Å². The Labute approximate surface area is 70.9 Å². The quantitative estimate of drug-likeness (QED) is 0.350. The smallest absolute Gasteiger partial charge is 0.317 e. The number of aliphatic hydroxyl groups excluding tert-OH is 1. The van der Waals surface area contributed by atoms with Crippen molar-refractivity contribution in [2.24, 2.45) is 0 Å². The van der Waals surface area contributed by atoms with Gasteiger partial charge in [0.25, 0.3) is 0 Å². The molecule has 0 aromatic rings. The molecule has 0 rings (SSSR count). The van der Waals surface area contributed by atoms with Gasteiger partial charge in [0.1, 0.15) is 0 Å². The number of ether oxygens (including phenoxy) is 2. The summed E-state index contributed by atoms with van der Waals surface area (Å²) in [5, 5.41) is 8.46. The maximum Gasteiger partial charge on any atom is 0.317 e. The lowest BCUT2D eigenvalue weighted by Crippen LogP contribution is -2.21. The first-order valence-electron chi connectivity index (χ1n) is 3.18. The molecule has 11 heavy (non-hydrogen) atoms. The fourth-order valence-electron chi connectivity index (χ4n) is 0.514. The van der Waals surface area contributed by atoms with Crippen LogP contribution in [0.25, 0.3) is 0 Å². The lowest BCUT2D eigenvalue weighted by atomic mass is 10.4. The summed E-state index contributed by atoms with van der Waals surface area (Å²) in [4.78, 5) is 10.6. The lowest BCUT2D eigenvalue weighted by Gasteiger charge is -2.13. The molecule has 0 fully saturated rings. The molecule has 1 unspecified atom stereocenters. The summed E-state index contributed by atoms with van der Waals surface area (Å²) >= 11 is 3.70. The van der Waals surface area contributed by atoms with Crippen LogP contribution >= 0.6 is 12.6 Å². The minimum Gasteiger partial charge on any atom is -0.435 e. The first-order valence-corrected chi connectivity index (χ1v) is 3.81. The van der Waals surface area contributed by atoms with Crippen molar-refractivity contribution in [2.75, 3.05) is 19.5 Å². The molecule has 5 heteroatoms. The van der Waals surface area contributed by atoms with Crippen LogP contribution in [0.1, 0.15) is 6.42 Å². The summed E-state index contributed by atoms with van der Waals surface area (Å²) in [6, 6.07) is 0. The molecule has 0 aliphatic rings. The molecule has 0 aromatic carbocycles. The molecular weight excluding hydrogens is 168 g/mol. The number of rotatable bonds is 5. The van der Waals surface area contributed by atoms with E-state index in [-0.39, 0.29) is 18.8 Å². The van der Waals surface area contributed by atoms with E-state index in [0.717, 1.165) is 0 Å². The Kier molecular flexibility index (Phi) is 6.30. The van der Waals surface area contributed by atoms with Crippen molar-refractivity contribution in [3.63, 3.8) is 0 Å². The molecule has 0 aliphatic carbocycles. The van der Waals surface area contributed by atoms with Crippen molar-refractivity contribution in [2.45, 2.75) is 12.7 Å². The number of hydrogen-bond donors (Lipinski definition) is 2. The van der Waals surface area contributed by atoms with Gasteiger partial charge in [-0.1, -0.05) is 0 Å². The maximum atomic E-state index is 10.6. The van der Waals surface area contributed by atoms with Crippen LogP contribution in [0, 0.1) is 0 Å². The van der Waals surface area contributed by atoms with Crippen LogP contribution in [0.3, 0.4) is 0 Å². The Morgan fingerprint density at radius 1 is 1.73 bits per heavy atom. The Bertz CT molecular complexity index is 117. The highest BCUT2D eigenvalue weighted by molar-refractivity contribution is 7.81. The first-order chi connectivity index (χ1) is 5.24. The highest BCUT2D eigenvalue weighted by Crippen LogP contribution is 1.99. The van der Waals surface area contributed by atoms with E-state index in [1.54, 1.807) is 0 Å². The Hall–Kier alpha value is -0.260. The van der Waals surface area contributed by atoms with E-state index in [9.17, 15) is 4.79 Å². The zero-order valence-electron chi connectivity index (χ0n) is 6.32. The van der Waals surface area contributed by atoms with Gasteiger partial charge in [0, 0.05) is 20.1 Å². The normalized spacial score (nSPS) is 12.6.